The van der Waals surface area contributed by atoms with Gasteiger partial charge in [-0.05, 0) is 13.3 Å². The summed E-state index contributed by atoms with van der Waals surface area (Å²) in [4.78, 5) is 12.8. The zero-order valence-electron chi connectivity index (χ0n) is 7.21. The van der Waals surface area contributed by atoms with Crippen molar-refractivity contribution in [2.75, 3.05) is 13.6 Å². The van der Waals surface area contributed by atoms with Gasteiger partial charge in [-0.15, -0.1) is 6.58 Å². The highest BCUT2D eigenvalue weighted by Gasteiger charge is 2.14. The van der Waals surface area contributed by atoms with Crippen LogP contribution in [0.25, 0.3) is 0 Å². The van der Waals surface area contributed by atoms with E-state index in [1.165, 1.54) is 0 Å². The molecule has 1 amide bonds. The van der Waals surface area contributed by atoms with Crippen LogP contribution in [-0.2, 0) is 4.79 Å². The Morgan fingerprint density at radius 3 is 2.73 bits per heavy atom. The highest BCUT2D eigenvalue weighted by atomic mass is 16.2. The molecular formula is C8H16N2O. The van der Waals surface area contributed by atoms with E-state index in [0.29, 0.717) is 13.0 Å². The molecule has 3 heteroatoms. The topological polar surface area (TPSA) is 46.3 Å². The van der Waals surface area contributed by atoms with E-state index in [1.54, 1.807) is 18.0 Å². The lowest BCUT2D eigenvalue weighted by Crippen LogP contribution is -2.41. The molecule has 0 fully saturated rings. The second-order valence-corrected chi connectivity index (χ2v) is 2.48. The summed E-state index contributed by atoms with van der Waals surface area (Å²) in [7, 11) is 1.74. The molecule has 0 radical (unpaired) electrons. The van der Waals surface area contributed by atoms with Gasteiger partial charge in [0.25, 0.3) is 0 Å². The Morgan fingerprint density at radius 1 is 1.82 bits per heavy atom. The first-order valence-electron chi connectivity index (χ1n) is 3.75. The van der Waals surface area contributed by atoms with Crippen molar-refractivity contribution in [1.29, 1.82) is 0 Å². The minimum Gasteiger partial charge on any atom is -0.345 e. The van der Waals surface area contributed by atoms with Crippen LogP contribution in [-0.4, -0.2) is 30.4 Å². The number of nitrogens with two attached hydrogens (primary N) is 1. The molecule has 0 aromatic heterocycles. The van der Waals surface area contributed by atoms with E-state index in [4.69, 9.17) is 5.73 Å². The van der Waals surface area contributed by atoms with Gasteiger partial charge in [-0.1, -0.05) is 6.08 Å². The van der Waals surface area contributed by atoms with Gasteiger partial charge in [0, 0.05) is 13.6 Å². The molecule has 0 saturated heterocycles. The lowest BCUT2D eigenvalue weighted by atomic mass is 10.2. The fourth-order valence-corrected chi connectivity index (χ4v) is 0.719. The van der Waals surface area contributed by atoms with Crippen LogP contribution < -0.4 is 5.73 Å². The lowest BCUT2D eigenvalue weighted by molar-refractivity contribution is -0.130. The van der Waals surface area contributed by atoms with E-state index in [-0.39, 0.29) is 5.91 Å². The van der Waals surface area contributed by atoms with Crippen molar-refractivity contribution in [3.8, 4) is 0 Å². The van der Waals surface area contributed by atoms with Crippen molar-refractivity contribution in [2.45, 2.75) is 19.4 Å². The van der Waals surface area contributed by atoms with Gasteiger partial charge in [-0.3, -0.25) is 4.79 Å². The average Bonchev–Trinajstić information content (AvgIpc) is 2.02. The van der Waals surface area contributed by atoms with Gasteiger partial charge in [0.05, 0.1) is 6.04 Å². The van der Waals surface area contributed by atoms with E-state index in [1.807, 2.05) is 6.92 Å². The highest BCUT2D eigenvalue weighted by molar-refractivity contribution is 5.81. The van der Waals surface area contributed by atoms with Gasteiger partial charge in [0.1, 0.15) is 0 Å². The Labute approximate surface area is 67.9 Å². The molecule has 0 saturated carbocycles. The standard InChI is InChI=1S/C8H16N2O/c1-4-6-7(9)8(11)10(3)5-2/h4,7H,1,5-6,9H2,2-3H3. The van der Waals surface area contributed by atoms with Crippen molar-refractivity contribution in [3.05, 3.63) is 12.7 Å². The summed E-state index contributed by atoms with van der Waals surface area (Å²) in [5, 5.41) is 0. The van der Waals surface area contributed by atoms with Gasteiger partial charge < -0.3 is 10.6 Å². The molecule has 0 bridgehead atoms. The van der Waals surface area contributed by atoms with Crippen molar-refractivity contribution >= 4 is 5.91 Å². The first-order valence-corrected chi connectivity index (χ1v) is 3.75. The molecule has 0 rings (SSSR count). The van der Waals surface area contributed by atoms with Crippen LogP contribution in [0.15, 0.2) is 12.7 Å². The van der Waals surface area contributed by atoms with Crippen molar-refractivity contribution < 1.29 is 4.79 Å². The summed E-state index contributed by atoms with van der Waals surface area (Å²) in [6.45, 7) is 6.13. The predicted molar refractivity (Wildman–Crippen MR) is 46.1 cm³/mol. The first kappa shape index (κ1) is 10.2. The van der Waals surface area contributed by atoms with E-state index >= 15 is 0 Å². The molecule has 0 aromatic rings. The summed E-state index contributed by atoms with van der Waals surface area (Å²) in [5.41, 5.74) is 5.54. The Morgan fingerprint density at radius 2 is 2.36 bits per heavy atom. The maximum atomic E-state index is 11.2. The zero-order chi connectivity index (χ0) is 8.85. The van der Waals surface area contributed by atoms with E-state index in [2.05, 4.69) is 6.58 Å². The minimum absolute atomic E-state index is 0.0209. The van der Waals surface area contributed by atoms with Crippen LogP contribution in [0.5, 0.6) is 0 Å². The molecule has 1 atom stereocenters. The lowest BCUT2D eigenvalue weighted by Gasteiger charge is -2.18. The van der Waals surface area contributed by atoms with Gasteiger partial charge in [-0.2, -0.15) is 0 Å². The minimum atomic E-state index is -0.419. The normalized spacial score (nSPS) is 12.3. The predicted octanol–water partition coefficient (Wildman–Crippen LogP) is 0.368. The maximum Gasteiger partial charge on any atom is 0.239 e. The molecule has 64 valence electrons. The van der Waals surface area contributed by atoms with Crippen molar-refractivity contribution in [1.82, 2.24) is 4.90 Å². The summed E-state index contributed by atoms with van der Waals surface area (Å²) < 4.78 is 0. The molecule has 11 heavy (non-hydrogen) atoms. The smallest absolute Gasteiger partial charge is 0.239 e. The van der Waals surface area contributed by atoms with Gasteiger partial charge in [0.15, 0.2) is 0 Å². The van der Waals surface area contributed by atoms with Gasteiger partial charge in [-0.25, -0.2) is 0 Å². The average molecular weight is 156 g/mol. The molecule has 0 spiro atoms. The third-order valence-corrected chi connectivity index (χ3v) is 1.59. The fourth-order valence-electron chi connectivity index (χ4n) is 0.719. The van der Waals surface area contributed by atoms with Gasteiger partial charge >= 0.3 is 0 Å². The molecule has 0 aliphatic carbocycles. The third kappa shape index (κ3) is 3.18. The second-order valence-electron chi connectivity index (χ2n) is 2.48. The second kappa shape index (κ2) is 4.91. The molecule has 0 heterocycles. The fraction of sp³-hybridized carbons (Fsp3) is 0.625. The molecule has 1 unspecified atom stereocenters. The van der Waals surface area contributed by atoms with Crippen LogP contribution in [0.4, 0.5) is 0 Å². The van der Waals surface area contributed by atoms with Crippen LogP contribution in [0.1, 0.15) is 13.3 Å². The number of likely N-dealkylation sites (N-methyl/N-ethyl adjacent to an activating group) is 1. The SMILES string of the molecule is C=CCC(N)C(=O)N(C)CC. The molecule has 2 N–H and O–H groups in total. The Bertz CT molecular complexity index is 145. The number of nitrogens with zero attached hydrogens (tertiary/aromatic N) is 1. The van der Waals surface area contributed by atoms with Crippen molar-refractivity contribution in [3.63, 3.8) is 0 Å². The van der Waals surface area contributed by atoms with Crippen molar-refractivity contribution in [2.24, 2.45) is 5.73 Å². The number of carbonyl (C=O) groups excluding carboxylic acids is 1. The van der Waals surface area contributed by atoms with E-state index in [9.17, 15) is 4.79 Å². The first-order chi connectivity index (χ1) is 5.13. The van der Waals surface area contributed by atoms with E-state index in [0.717, 1.165) is 0 Å². The molecule has 0 aliphatic heterocycles. The Kier molecular flexibility index (Phi) is 4.54. The molecular weight excluding hydrogens is 140 g/mol. The Hall–Kier alpha value is -0.830. The summed E-state index contributed by atoms with van der Waals surface area (Å²) in [6, 6.07) is -0.419. The summed E-state index contributed by atoms with van der Waals surface area (Å²) >= 11 is 0. The molecule has 0 aromatic carbocycles. The highest BCUT2D eigenvalue weighted by Crippen LogP contribution is 1.94. The summed E-state index contributed by atoms with van der Waals surface area (Å²) in [5.74, 6) is -0.0209. The third-order valence-electron chi connectivity index (χ3n) is 1.59. The quantitative estimate of drug-likeness (QED) is 0.598. The molecule has 3 nitrogen and oxygen atoms in total. The zero-order valence-corrected chi connectivity index (χ0v) is 7.21. The molecule has 0 aliphatic rings. The van der Waals surface area contributed by atoms with Crippen LogP contribution in [0, 0.1) is 0 Å². The number of hydrogen-bond acceptors (Lipinski definition) is 2. The van der Waals surface area contributed by atoms with Gasteiger partial charge in [0.2, 0.25) is 5.91 Å². The number of rotatable bonds is 4. The summed E-state index contributed by atoms with van der Waals surface area (Å²) in [6.07, 6.45) is 2.20. The number of amides is 1. The monoisotopic (exact) mass is 156 g/mol. The largest absolute Gasteiger partial charge is 0.345 e. The Balaban J connectivity index is 3.90. The van der Waals surface area contributed by atoms with Crippen LogP contribution in [0.3, 0.4) is 0 Å². The van der Waals surface area contributed by atoms with E-state index < -0.39 is 6.04 Å². The van der Waals surface area contributed by atoms with Crippen LogP contribution >= 0.6 is 0 Å². The number of carbonyl (C=O) groups is 1. The maximum absolute atomic E-state index is 11.2. The van der Waals surface area contributed by atoms with Crippen LogP contribution in [0.2, 0.25) is 0 Å². The number of hydrogen-bond donors (Lipinski definition) is 1.